The van der Waals surface area contributed by atoms with Gasteiger partial charge in [-0.3, -0.25) is 0 Å². The zero-order chi connectivity index (χ0) is 12.1. The first kappa shape index (κ1) is 13.0. The smallest absolute Gasteiger partial charge is 0.0897 e. The summed E-state index contributed by atoms with van der Waals surface area (Å²) in [6.45, 7) is 5.05. The Morgan fingerprint density at radius 1 is 1.47 bits per heavy atom. The number of aryl methyl sites for hydroxylation is 1. The highest BCUT2D eigenvalue weighted by atomic mass is 32.1. The molecule has 0 unspecified atom stereocenters. The highest BCUT2D eigenvalue weighted by Crippen LogP contribution is 2.42. The van der Waals surface area contributed by atoms with E-state index >= 15 is 0 Å². The van der Waals surface area contributed by atoms with Gasteiger partial charge in [0.2, 0.25) is 0 Å². The number of nitrogens with one attached hydrogen (secondary N) is 1. The summed E-state index contributed by atoms with van der Waals surface area (Å²) in [5.74, 6) is 0. The average Bonchev–Trinajstić information content (AvgIpc) is 2.67. The maximum absolute atomic E-state index is 5.84. The number of nitrogens with two attached hydrogens (primary N) is 1. The van der Waals surface area contributed by atoms with Crippen LogP contribution in [0.2, 0.25) is 0 Å². The third-order valence-electron chi connectivity index (χ3n) is 3.90. The van der Waals surface area contributed by atoms with Gasteiger partial charge in [-0.25, -0.2) is 4.98 Å². The molecule has 0 spiro atoms. The predicted octanol–water partition coefficient (Wildman–Crippen LogP) is 2.10. The second kappa shape index (κ2) is 5.94. The molecule has 1 aromatic heterocycles. The van der Waals surface area contributed by atoms with Gasteiger partial charge in [-0.1, -0.05) is 6.42 Å². The van der Waals surface area contributed by atoms with Crippen molar-refractivity contribution in [3.8, 4) is 0 Å². The van der Waals surface area contributed by atoms with Crippen molar-refractivity contribution in [2.24, 2.45) is 11.1 Å². The van der Waals surface area contributed by atoms with Crippen molar-refractivity contribution in [2.75, 3.05) is 19.6 Å². The summed E-state index contributed by atoms with van der Waals surface area (Å²) in [6, 6.07) is 0. The first-order valence-corrected chi connectivity index (χ1v) is 7.44. The van der Waals surface area contributed by atoms with Gasteiger partial charge in [-0.15, -0.1) is 11.3 Å². The summed E-state index contributed by atoms with van der Waals surface area (Å²) in [4.78, 5) is 4.46. The Morgan fingerprint density at radius 2 is 2.29 bits per heavy atom. The van der Waals surface area contributed by atoms with Gasteiger partial charge in [0.1, 0.15) is 0 Å². The molecular formula is C13H23N3S. The lowest BCUT2D eigenvalue weighted by Gasteiger charge is -2.41. The summed E-state index contributed by atoms with van der Waals surface area (Å²) >= 11 is 1.73. The minimum Gasteiger partial charge on any atom is -0.330 e. The van der Waals surface area contributed by atoms with E-state index in [4.69, 9.17) is 5.73 Å². The van der Waals surface area contributed by atoms with Crippen LogP contribution in [0.15, 0.2) is 5.38 Å². The number of aromatic nitrogens is 1. The molecule has 1 aliphatic carbocycles. The normalized spacial score (nSPS) is 18.0. The van der Waals surface area contributed by atoms with E-state index in [1.54, 1.807) is 11.3 Å². The van der Waals surface area contributed by atoms with Crippen LogP contribution in [-0.4, -0.2) is 24.6 Å². The first-order valence-electron chi connectivity index (χ1n) is 6.56. The molecule has 1 aromatic rings. The topological polar surface area (TPSA) is 50.9 Å². The standard InChI is InChI=1S/C13H23N3S/c1-11-16-12(9-17-11)3-7-15-8-6-13(10-14)4-2-5-13/h9,15H,2-8,10,14H2,1H3. The van der Waals surface area contributed by atoms with Gasteiger partial charge in [-0.05, 0) is 44.7 Å². The van der Waals surface area contributed by atoms with Crippen molar-refractivity contribution in [3.63, 3.8) is 0 Å². The minimum absolute atomic E-state index is 0.476. The largest absolute Gasteiger partial charge is 0.330 e. The molecule has 17 heavy (non-hydrogen) atoms. The molecule has 1 saturated carbocycles. The molecule has 3 N–H and O–H groups in total. The van der Waals surface area contributed by atoms with Crippen molar-refractivity contribution < 1.29 is 0 Å². The third-order valence-corrected chi connectivity index (χ3v) is 4.73. The number of rotatable bonds is 7. The number of hydrogen-bond donors (Lipinski definition) is 2. The Kier molecular flexibility index (Phi) is 4.54. The van der Waals surface area contributed by atoms with Crippen LogP contribution >= 0.6 is 11.3 Å². The number of nitrogens with zero attached hydrogens (tertiary/aromatic N) is 1. The highest BCUT2D eigenvalue weighted by Gasteiger charge is 2.34. The van der Waals surface area contributed by atoms with Crippen LogP contribution in [0.25, 0.3) is 0 Å². The zero-order valence-electron chi connectivity index (χ0n) is 10.7. The lowest BCUT2D eigenvalue weighted by molar-refractivity contribution is 0.130. The van der Waals surface area contributed by atoms with Gasteiger partial charge in [-0.2, -0.15) is 0 Å². The molecule has 1 fully saturated rings. The SMILES string of the molecule is Cc1nc(CCNCCC2(CN)CCC2)cs1. The fourth-order valence-electron chi connectivity index (χ4n) is 2.45. The van der Waals surface area contributed by atoms with E-state index < -0.39 is 0 Å². The molecule has 2 rings (SSSR count). The van der Waals surface area contributed by atoms with Gasteiger partial charge in [0, 0.05) is 18.3 Å². The van der Waals surface area contributed by atoms with Crippen molar-refractivity contribution in [3.05, 3.63) is 16.1 Å². The van der Waals surface area contributed by atoms with Crippen LogP contribution in [0.5, 0.6) is 0 Å². The van der Waals surface area contributed by atoms with Crippen LogP contribution in [0.1, 0.15) is 36.4 Å². The second-order valence-electron chi connectivity index (χ2n) is 5.17. The molecule has 4 heteroatoms. The summed E-state index contributed by atoms with van der Waals surface area (Å²) in [5, 5.41) is 6.83. The van der Waals surface area contributed by atoms with E-state index in [-0.39, 0.29) is 0 Å². The summed E-state index contributed by atoms with van der Waals surface area (Å²) in [5.41, 5.74) is 7.54. The Labute approximate surface area is 108 Å². The van der Waals surface area contributed by atoms with Gasteiger partial charge < -0.3 is 11.1 Å². The Balaban J connectivity index is 1.57. The van der Waals surface area contributed by atoms with Crippen molar-refractivity contribution in [1.29, 1.82) is 0 Å². The molecule has 1 aliphatic rings. The lowest BCUT2D eigenvalue weighted by Crippen LogP contribution is -2.39. The van der Waals surface area contributed by atoms with Gasteiger partial charge in [0.25, 0.3) is 0 Å². The van der Waals surface area contributed by atoms with Gasteiger partial charge in [0.05, 0.1) is 10.7 Å². The molecular weight excluding hydrogens is 230 g/mol. The van der Waals surface area contributed by atoms with Crippen LogP contribution < -0.4 is 11.1 Å². The van der Waals surface area contributed by atoms with E-state index in [9.17, 15) is 0 Å². The van der Waals surface area contributed by atoms with Crippen molar-refractivity contribution in [1.82, 2.24) is 10.3 Å². The average molecular weight is 253 g/mol. The molecule has 0 aromatic carbocycles. The molecule has 3 nitrogen and oxygen atoms in total. The fraction of sp³-hybridized carbons (Fsp3) is 0.769. The molecule has 0 amide bonds. The fourth-order valence-corrected chi connectivity index (χ4v) is 3.10. The molecule has 0 aliphatic heterocycles. The lowest BCUT2D eigenvalue weighted by atomic mass is 9.67. The van der Waals surface area contributed by atoms with Crippen LogP contribution in [0.3, 0.4) is 0 Å². The second-order valence-corrected chi connectivity index (χ2v) is 6.23. The van der Waals surface area contributed by atoms with E-state index in [1.807, 2.05) is 0 Å². The summed E-state index contributed by atoms with van der Waals surface area (Å²) in [6.07, 6.45) is 6.31. The third kappa shape index (κ3) is 3.50. The van der Waals surface area contributed by atoms with Crippen molar-refractivity contribution in [2.45, 2.75) is 39.0 Å². The maximum atomic E-state index is 5.84. The quantitative estimate of drug-likeness (QED) is 0.732. The minimum atomic E-state index is 0.476. The van der Waals surface area contributed by atoms with Gasteiger partial charge >= 0.3 is 0 Å². The van der Waals surface area contributed by atoms with E-state index in [2.05, 4.69) is 22.6 Å². The summed E-state index contributed by atoms with van der Waals surface area (Å²) < 4.78 is 0. The molecule has 0 saturated heterocycles. The predicted molar refractivity (Wildman–Crippen MR) is 73.4 cm³/mol. The Hall–Kier alpha value is -0.450. The monoisotopic (exact) mass is 253 g/mol. The van der Waals surface area contributed by atoms with Crippen LogP contribution in [0.4, 0.5) is 0 Å². The zero-order valence-corrected chi connectivity index (χ0v) is 11.5. The maximum Gasteiger partial charge on any atom is 0.0897 e. The molecule has 0 radical (unpaired) electrons. The van der Waals surface area contributed by atoms with E-state index in [0.29, 0.717) is 5.41 Å². The first-order chi connectivity index (χ1) is 8.24. The Bertz CT molecular complexity index is 339. The molecule has 96 valence electrons. The highest BCUT2D eigenvalue weighted by molar-refractivity contribution is 7.09. The van der Waals surface area contributed by atoms with Crippen LogP contribution in [0, 0.1) is 12.3 Å². The Morgan fingerprint density at radius 3 is 2.82 bits per heavy atom. The van der Waals surface area contributed by atoms with E-state index in [1.165, 1.54) is 31.4 Å². The van der Waals surface area contributed by atoms with Crippen molar-refractivity contribution >= 4 is 11.3 Å². The van der Waals surface area contributed by atoms with Crippen LogP contribution in [-0.2, 0) is 6.42 Å². The van der Waals surface area contributed by atoms with E-state index in [0.717, 1.165) is 31.1 Å². The van der Waals surface area contributed by atoms with Gasteiger partial charge in [0.15, 0.2) is 0 Å². The molecule has 1 heterocycles. The number of thiazole rings is 1. The number of hydrogen-bond acceptors (Lipinski definition) is 4. The molecule has 0 atom stereocenters. The molecule has 0 bridgehead atoms. The summed E-state index contributed by atoms with van der Waals surface area (Å²) in [7, 11) is 0.